The Kier molecular flexibility index (Phi) is 8.08. The molecule has 4 rings (SSSR count). The largest absolute Gasteiger partial charge is 0.465 e. The van der Waals surface area contributed by atoms with E-state index in [4.69, 9.17) is 10.5 Å². The Balaban J connectivity index is 1.49. The Labute approximate surface area is 210 Å². The molecule has 2 heterocycles. The standard InChI is InChI=1S/C28H29N5O3/c1-2-36-28(35)23(15-20-13-14-25(29)30-16-20)24-17-33(19-31-24)18-26(34)32-27(21-9-5-3-6-10-21)22-11-7-4-8-12-22/h3-14,16-17,19,23,27H,2,15,18H2,1H3,(H2,29,30)(H,32,34). The Hall–Kier alpha value is -4.46. The lowest BCUT2D eigenvalue weighted by Crippen LogP contribution is -2.32. The molecule has 0 bridgehead atoms. The predicted molar refractivity (Wildman–Crippen MR) is 137 cm³/mol. The van der Waals surface area contributed by atoms with E-state index in [2.05, 4.69) is 15.3 Å². The Morgan fingerprint density at radius 3 is 2.22 bits per heavy atom. The summed E-state index contributed by atoms with van der Waals surface area (Å²) < 4.78 is 6.95. The minimum Gasteiger partial charge on any atom is -0.465 e. The highest BCUT2D eigenvalue weighted by Crippen LogP contribution is 2.23. The number of aromatic nitrogens is 3. The number of rotatable bonds is 10. The van der Waals surface area contributed by atoms with Crippen molar-refractivity contribution >= 4 is 17.7 Å². The van der Waals surface area contributed by atoms with Crippen molar-refractivity contribution in [1.82, 2.24) is 19.9 Å². The maximum atomic E-state index is 13.0. The minimum atomic E-state index is -0.624. The smallest absolute Gasteiger partial charge is 0.315 e. The molecule has 1 amide bonds. The van der Waals surface area contributed by atoms with E-state index in [9.17, 15) is 9.59 Å². The van der Waals surface area contributed by atoms with Crippen LogP contribution in [0.1, 0.15) is 41.3 Å². The van der Waals surface area contributed by atoms with Crippen molar-refractivity contribution in [1.29, 1.82) is 0 Å². The first-order chi connectivity index (χ1) is 17.5. The van der Waals surface area contributed by atoms with Crippen LogP contribution in [0, 0.1) is 0 Å². The zero-order valence-corrected chi connectivity index (χ0v) is 20.1. The van der Waals surface area contributed by atoms with E-state index in [-0.39, 0.29) is 31.1 Å². The van der Waals surface area contributed by atoms with Crippen LogP contribution in [0.3, 0.4) is 0 Å². The maximum absolute atomic E-state index is 13.0. The second-order valence-electron chi connectivity index (χ2n) is 8.39. The fourth-order valence-electron chi connectivity index (χ4n) is 4.01. The molecule has 8 heteroatoms. The zero-order valence-electron chi connectivity index (χ0n) is 20.1. The molecular weight excluding hydrogens is 454 g/mol. The lowest BCUT2D eigenvalue weighted by molar-refractivity contribution is -0.145. The molecule has 3 N–H and O–H groups in total. The number of benzene rings is 2. The molecule has 2 aromatic heterocycles. The molecule has 0 aliphatic rings. The van der Waals surface area contributed by atoms with Gasteiger partial charge in [-0.1, -0.05) is 66.7 Å². The van der Waals surface area contributed by atoms with Crippen molar-refractivity contribution in [2.45, 2.75) is 31.8 Å². The average molecular weight is 484 g/mol. The third kappa shape index (κ3) is 6.35. The minimum absolute atomic E-state index is 0.0577. The molecule has 8 nitrogen and oxygen atoms in total. The molecule has 0 saturated heterocycles. The van der Waals surface area contributed by atoms with Crippen LogP contribution < -0.4 is 11.1 Å². The molecule has 0 aliphatic carbocycles. The van der Waals surface area contributed by atoms with Crippen LogP contribution in [0.15, 0.2) is 91.5 Å². The topological polar surface area (TPSA) is 112 Å². The van der Waals surface area contributed by atoms with Crippen molar-refractivity contribution < 1.29 is 14.3 Å². The summed E-state index contributed by atoms with van der Waals surface area (Å²) in [6.07, 6.45) is 5.27. The second kappa shape index (κ2) is 11.8. The molecule has 1 atom stereocenters. The summed E-state index contributed by atoms with van der Waals surface area (Å²) in [7, 11) is 0. The number of nitrogens with two attached hydrogens (primary N) is 1. The lowest BCUT2D eigenvalue weighted by Gasteiger charge is -2.20. The molecule has 4 aromatic rings. The molecular formula is C28H29N5O3. The van der Waals surface area contributed by atoms with Crippen LogP contribution in [0.4, 0.5) is 5.82 Å². The number of hydrogen-bond donors (Lipinski definition) is 2. The molecule has 36 heavy (non-hydrogen) atoms. The monoisotopic (exact) mass is 483 g/mol. The predicted octanol–water partition coefficient (Wildman–Crippen LogP) is 3.66. The molecule has 0 saturated carbocycles. The van der Waals surface area contributed by atoms with Gasteiger partial charge in [-0.15, -0.1) is 0 Å². The first-order valence-corrected chi connectivity index (χ1v) is 11.8. The number of anilines is 1. The lowest BCUT2D eigenvalue weighted by atomic mass is 9.97. The molecule has 184 valence electrons. The molecule has 0 aliphatic heterocycles. The van der Waals surface area contributed by atoms with E-state index in [0.29, 0.717) is 17.9 Å². The highest BCUT2D eigenvalue weighted by atomic mass is 16.5. The number of nitrogens with zero attached hydrogens (tertiary/aromatic N) is 3. The number of imidazole rings is 1. The van der Waals surface area contributed by atoms with Gasteiger partial charge in [0, 0.05) is 12.4 Å². The van der Waals surface area contributed by atoms with E-state index in [1.165, 1.54) is 0 Å². The summed E-state index contributed by atoms with van der Waals surface area (Å²) in [6, 6.07) is 22.9. The third-order valence-electron chi connectivity index (χ3n) is 5.77. The van der Waals surface area contributed by atoms with Crippen molar-refractivity contribution in [2.75, 3.05) is 12.3 Å². The number of nitrogens with one attached hydrogen (secondary N) is 1. The van der Waals surface area contributed by atoms with Crippen LogP contribution in [-0.4, -0.2) is 33.0 Å². The van der Waals surface area contributed by atoms with Crippen LogP contribution in [0.2, 0.25) is 0 Å². The highest BCUT2D eigenvalue weighted by Gasteiger charge is 2.25. The fourth-order valence-corrected chi connectivity index (χ4v) is 4.01. The summed E-state index contributed by atoms with van der Waals surface area (Å²) in [4.78, 5) is 34.3. The SMILES string of the molecule is CCOC(=O)C(Cc1ccc(N)nc1)c1cn(CC(=O)NC(c2ccccc2)c2ccccc2)cn1. The van der Waals surface area contributed by atoms with Crippen LogP contribution in [0.25, 0.3) is 0 Å². The van der Waals surface area contributed by atoms with Crippen LogP contribution >= 0.6 is 0 Å². The van der Waals surface area contributed by atoms with E-state index in [0.717, 1.165) is 16.7 Å². The second-order valence-corrected chi connectivity index (χ2v) is 8.39. The summed E-state index contributed by atoms with van der Waals surface area (Å²) >= 11 is 0. The average Bonchev–Trinajstić information content (AvgIpc) is 3.36. The van der Waals surface area contributed by atoms with Gasteiger partial charge in [0.25, 0.3) is 0 Å². The zero-order chi connectivity index (χ0) is 25.3. The van der Waals surface area contributed by atoms with Gasteiger partial charge in [0.2, 0.25) is 5.91 Å². The van der Waals surface area contributed by atoms with Gasteiger partial charge in [-0.25, -0.2) is 9.97 Å². The Bertz CT molecular complexity index is 1230. The number of ether oxygens (including phenoxy) is 1. The van der Waals surface area contributed by atoms with Gasteiger partial charge in [-0.2, -0.15) is 0 Å². The maximum Gasteiger partial charge on any atom is 0.315 e. The first kappa shape index (κ1) is 24.7. The number of carbonyl (C=O) groups excluding carboxylic acids is 2. The molecule has 2 aromatic carbocycles. The number of esters is 1. The molecule has 0 spiro atoms. The number of hydrogen-bond acceptors (Lipinski definition) is 6. The van der Waals surface area contributed by atoms with E-state index in [1.807, 2.05) is 66.7 Å². The van der Waals surface area contributed by atoms with Crippen LogP contribution in [-0.2, 0) is 27.3 Å². The number of amides is 1. The quantitative estimate of drug-likeness (QED) is 0.333. The van der Waals surface area contributed by atoms with E-state index in [1.54, 1.807) is 36.3 Å². The fraction of sp³-hybridized carbons (Fsp3) is 0.214. The van der Waals surface area contributed by atoms with Crippen molar-refractivity contribution in [2.24, 2.45) is 0 Å². The van der Waals surface area contributed by atoms with Crippen LogP contribution in [0.5, 0.6) is 0 Å². The summed E-state index contributed by atoms with van der Waals surface area (Å²) in [5.74, 6) is -0.767. The van der Waals surface area contributed by atoms with Gasteiger partial charge in [-0.05, 0) is 36.1 Å². The van der Waals surface area contributed by atoms with E-state index < -0.39 is 5.92 Å². The third-order valence-corrected chi connectivity index (χ3v) is 5.77. The van der Waals surface area contributed by atoms with Gasteiger partial charge >= 0.3 is 5.97 Å². The molecule has 1 unspecified atom stereocenters. The first-order valence-electron chi connectivity index (χ1n) is 11.8. The number of nitrogen functional groups attached to an aromatic ring is 1. The number of carbonyl (C=O) groups is 2. The Morgan fingerprint density at radius 1 is 0.972 bits per heavy atom. The van der Waals surface area contributed by atoms with Gasteiger partial charge in [0.1, 0.15) is 18.3 Å². The van der Waals surface area contributed by atoms with Gasteiger partial charge in [0.05, 0.1) is 24.7 Å². The summed E-state index contributed by atoms with van der Waals surface area (Å²) in [5, 5.41) is 3.13. The summed E-state index contributed by atoms with van der Waals surface area (Å²) in [6.45, 7) is 2.08. The van der Waals surface area contributed by atoms with Crippen molar-refractivity contribution in [3.63, 3.8) is 0 Å². The number of pyridine rings is 1. The van der Waals surface area contributed by atoms with Gasteiger partial charge in [0.15, 0.2) is 0 Å². The highest BCUT2D eigenvalue weighted by molar-refractivity contribution is 5.78. The van der Waals surface area contributed by atoms with Gasteiger partial charge in [-0.3, -0.25) is 9.59 Å². The van der Waals surface area contributed by atoms with E-state index >= 15 is 0 Å². The normalized spacial score (nSPS) is 11.7. The molecule has 0 fully saturated rings. The summed E-state index contributed by atoms with van der Waals surface area (Å²) in [5.41, 5.74) is 9.02. The van der Waals surface area contributed by atoms with Crippen molar-refractivity contribution in [3.05, 3.63) is 114 Å². The van der Waals surface area contributed by atoms with Crippen molar-refractivity contribution in [3.8, 4) is 0 Å². The van der Waals surface area contributed by atoms with Gasteiger partial charge < -0.3 is 20.4 Å². The molecule has 0 radical (unpaired) electrons. The Morgan fingerprint density at radius 2 is 1.64 bits per heavy atom.